The van der Waals surface area contributed by atoms with Gasteiger partial charge in [0.2, 0.25) is 11.8 Å². The van der Waals surface area contributed by atoms with Crippen molar-refractivity contribution in [2.45, 2.75) is 77.4 Å². The Bertz CT molecular complexity index is 2880. The summed E-state index contributed by atoms with van der Waals surface area (Å²) in [4.78, 5) is 85.4. The van der Waals surface area contributed by atoms with E-state index in [1.807, 2.05) is 48.5 Å². The van der Waals surface area contributed by atoms with Gasteiger partial charge in [0.25, 0.3) is 11.8 Å². The van der Waals surface area contributed by atoms with Crippen molar-refractivity contribution in [3.63, 3.8) is 0 Å². The summed E-state index contributed by atoms with van der Waals surface area (Å²) < 4.78 is 22.3. The Morgan fingerprint density at radius 3 is 1.49 bits per heavy atom. The molecule has 2 atom stereocenters. The lowest BCUT2D eigenvalue weighted by molar-refractivity contribution is -0.118. The molecule has 7 aromatic rings. The number of benzene rings is 3. The van der Waals surface area contributed by atoms with Crippen LogP contribution in [0.4, 0.5) is 19.6 Å². The molecule has 0 bridgehead atoms. The zero-order chi connectivity index (χ0) is 50.8. The normalized spacial score (nSPS) is 12.6. The van der Waals surface area contributed by atoms with E-state index < -0.39 is 36.0 Å². The van der Waals surface area contributed by atoms with Crippen molar-refractivity contribution in [3.8, 4) is 0 Å². The molecule has 0 saturated heterocycles. The van der Waals surface area contributed by atoms with E-state index in [0.29, 0.717) is 40.5 Å². The van der Waals surface area contributed by atoms with E-state index in [2.05, 4.69) is 34.4 Å². The molecule has 4 N–H and O–H groups in total. The molecule has 72 heavy (non-hydrogen) atoms. The number of anilines is 2. The Morgan fingerprint density at radius 2 is 1.06 bits per heavy atom. The maximum Gasteiger partial charge on any atom is 0.508 e. The van der Waals surface area contributed by atoms with Gasteiger partial charge in [-0.2, -0.15) is 0 Å². The Hall–Kier alpha value is -7.54. The Balaban J connectivity index is 0.000000244. The molecule has 3 aromatic carbocycles. The summed E-state index contributed by atoms with van der Waals surface area (Å²) in [6.45, 7) is 5.01. The van der Waals surface area contributed by atoms with E-state index >= 15 is 0 Å². The number of thiophene rings is 2. The number of ether oxygens (including phenoxy) is 4. The second kappa shape index (κ2) is 26.1. The van der Waals surface area contributed by atoms with E-state index in [9.17, 15) is 28.8 Å². The van der Waals surface area contributed by atoms with Gasteiger partial charge in [0.15, 0.2) is 0 Å². The molecule has 1 aliphatic rings. The van der Waals surface area contributed by atoms with Gasteiger partial charge in [-0.1, -0.05) is 100 Å². The molecule has 376 valence electrons. The number of pyridine rings is 2. The van der Waals surface area contributed by atoms with E-state index in [1.54, 1.807) is 73.3 Å². The van der Waals surface area contributed by atoms with Crippen LogP contribution in [0.25, 0.3) is 20.2 Å². The van der Waals surface area contributed by atoms with Crippen molar-refractivity contribution >= 4 is 88.8 Å². The first-order chi connectivity index (χ1) is 35.0. The average Bonchev–Trinajstić information content (AvgIpc) is 4.08. The molecule has 0 unspecified atom stereocenters. The number of unbranched alkanes of at least 4 members (excludes halogenated alkanes) is 4. The first kappa shape index (κ1) is 52.3. The van der Waals surface area contributed by atoms with Crippen LogP contribution in [0.15, 0.2) is 122 Å². The van der Waals surface area contributed by atoms with Crippen molar-refractivity contribution < 1.29 is 49.1 Å². The number of fused-ring (bicyclic) bond motifs is 3. The number of imide groups is 1. The third-order valence-corrected chi connectivity index (χ3v) is 13.7. The highest BCUT2D eigenvalue weighted by molar-refractivity contribution is 7.23. The molecule has 0 saturated carbocycles. The van der Waals surface area contributed by atoms with Crippen LogP contribution in [0.3, 0.4) is 0 Å². The Labute approximate surface area is 426 Å². The predicted molar refractivity (Wildman–Crippen MR) is 279 cm³/mol. The number of amides is 4. The number of carbonyl (C=O) groups excluding carboxylic acids is 6. The fourth-order valence-electron chi connectivity index (χ4n) is 7.71. The summed E-state index contributed by atoms with van der Waals surface area (Å²) >= 11 is 2.86. The summed E-state index contributed by atoms with van der Waals surface area (Å²) in [7, 11) is 0. The van der Waals surface area contributed by atoms with Gasteiger partial charge in [-0.25, -0.2) is 9.59 Å². The van der Waals surface area contributed by atoms with E-state index in [-0.39, 0.29) is 39.5 Å². The minimum Gasteiger partial charge on any atom is -0.434 e. The first-order valence-electron chi connectivity index (χ1n) is 23.8. The lowest BCUT2D eigenvalue weighted by Crippen LogP contribution is -2.38. The number of hydrogen-bond acceptors (Lipinski definition) is 15. The number of carbonyl (C=O) groups is 6. The Kier molecular flexibility index (Phi) is 18.9. The molecular formula is C54H58N6O10S2. The average molecular weight is 1020 g/mol. The summed E-state index contributed by atoms with van der Waals surface area (Å²) in [5.41, 5.74) is 9.45. The highest BCUT2D eigenvalue weighted by atomic mass is 32.1. The van der Waals surface area contributed by atoms with Crippen LogP contribution >= 0.6 is 22.7 Å². The Morgan fingerprint density at radius 1 is 0.611 bits per heavy atom. The molecular weight excluding hydrogens is 957 g/mol. The molecule has 8 rings (SSSR count). The molecule has 4 amide bonds. The van der Waals surface area contributed by atoms with Gasteiger partial charge in [-0.15, -0.1) is 22.7 Å². The SMILES string of the molecule is CCCCCOC(=O)OCc1ccc([C@@H](CN)C(=O)Nc2cc3ccncc3s2)cc1.CCCCCOC(=O)OCc1ccc([C@@H](CN2C(=O)c3ccccc3C2=O)C(=O)Nc2cc3ccncc3s2)cc1.[2HH]. The van der Waals surface area contributed by atoms with E-state index in [1.165, 1.54) is 22.7 Å². The molecule has 0 fully saturated rings. The van der Waals surface area contributed by atoms with Crippen LogP contribution < -0.4 is 16.4 Å². The number of aromatic nitrogens is 2. The zero-order valence-corrected chi connectivity index (χ0v) is 41.6. The number of nitrogens with zero attached hydrogens (tertiary/aromatic N) is 3. The first-order valence-corrected chi connectivity index (χ1v) is 25.4. The minimum absolute atomic E-state index is 0. The van der Waals surface area contributed by atoms with Gasteiger partial charge >= 0.3 is 12.3 Å². The molecule has 0 radical (unpaired) electrons. The van der Waals surface area contributed by atoms with Crippen molar-refractivity contribution in [1.29, 1.82) is 0 Å². The van der Waals surface area contributed by atoms with E-state index in [4.69, 9.17) is 24.7 Å². The fourth-order valence-corrected chi connectivity index (χ4v) is 9.57. The van der Waals surface area contributed by atoms with Crippen LogP contribution in [0.2, 0.25) is 0 Å². The maximum atomic E-state index is 13.7. The standard InChI is InChI=1S/C31H29N3O6S.C23H27N3O4S.H2/c1-2-3-6-15-39-31(38)40-19-20-9-11-21(12-10-20)25(18-34-29(36)23-7-4-5-8-24(23)30(34)37)28(35)33-27-16-22-13-14-32-17-26(22)41-27;1-2-3-4-11-29-23(28)30-15-16-5-7-17(8-6-16)19(13-24)22(27)26-21-12-18-9-10-25-14-20(18)31-21;/h4-5,7-14,16-17,25H,2-3,6,15,18-19H2,1H3,(H,33,35);5-10,12,14,19H,2-4,11,13,15,24H2,1H3,(H,26,27);1H/t25-;19-;/m11./s1/i;;1+1. The zero-order valence-electron chi connectivity index (χ0n) is 40.0. The van der Waals surface area contributed by atoms with Gasteiger partial charge in [-0.3, -0.25) is 34.0 Å². The van der Waals surface area contributed by atoms with Gasteiger partial charge in [-0.05, 0) is 82.3 Å². The molecule has 0 aliphatic carbocycles. The highest BCUT2D eigenvalue weighted by Gasteiger charge is 2.38. The number of rotatable bonds is 21. The molecule has 1 aliphatic heterocycles. The lowest BCUT2D eigenvalue weighted by atomic mass is 9.96. The fraction of sp³-hybridized carbons (Fsp3) is 0.296. The van der Waals surface area contributed by atoms with Crippen LogP contribution in [-0.2, 0) is 41.8 Å². The smallest absolute Gasteiger partial charge is 0.434 e. The largest absolute Gasteiger partial charge is 0.508 e. The number of hydrogen-bond donors (Lipinski definition) is 3. The van der Waals surface area contributed by atoms with Crippen molar-refractivity contribution in [2.24, 2.45) is 5.73 Å². The van der Waals surface area contributed by atoms with Crippen LogP contribution in [0, 0.1) is 0 Å². The van der Waals surface area contributed by atoms with Crippen LogP contribution in [0.5, 0.6) is 0 Å². The molecule has 16 nitrogen and oxygen atoms in total. The number of nitrogens with two attached hydrogens (primary N) is 1. The number of nitrogens with one attached hydrogen (secondary N) is 2. The lowest BCUT2D eigenvalue weighted by Gasteiger charge is -2.22. The van der Waals surface area contributed by atoms with Gasteiger partial charge in [0, 0.05) is 39.3 Å². The third-order valence-electron chi connectivity index (χ3n) is 11.7. The van der Waals surface area contributed by atoms with Crippen molar-refractivity contribution in [3.05, 3.63) is 155 Å². The molecule has 5 heterocycles. The second-order valence-electron chi connectivity index (χ2n) is 16.8. The third kappa shape index (κ3) is 14.1. The molecule has 0 spiro atoms. The van der Waals surface area contributed by atoms with E-state index in [0.717, 1.165) is 79.7 Å². The quantitative estimate of drug-likeness (QED) is 0.0347. The van der Waals surface area contributed by atoms with Crippen molar-refractivity contribution in [1.82, 2.24) is 14.9 Å². The summed E-state index contributed by atoms with van der Waals surface area (Å²) in [6.07, 6.45) is 11.2. The second-order valence-corrected chi connectivity index (χ2v) is 19.0. The predicted octanol–water partition coefficient (Wildman–Crippen LogP) is 11.2. The topological polar surface area (TPSA) is 218 Å². The molecule has 4 aromatic heterocycles. The highest BCUT2D eigenvalue weighted by Crippen LogP contribution is 2.33. The van der Waals surface area contributed by atoms with Gasteiger partial charge < -0.3 is 35.3 Å². The summed E-state index contributed by atoms with van der Waals surface area (Å²) in [6, 6.07) is 28.4. The van der Waals surface area contributed by atoms with Crippen LogP contribution in [-0.4, -0.2) is 77.1 Å². The summed E-state index contributed by atoms with van der Waals surface area (Å²) in [5, 5.41) is 9.28. The monoisotopic (exact) mass is 1020 g/mol. The minimum atomic E-state index is -0.848. The van der Waals surface area contributed by atoms with Gasteiger partial charge in [0.1, 0.15) is 13.2 Å². The van der Waals surface area contributed by atoms with Crippen LogP contribution in [0.1, 0.15) is 109 Å². The molecule has 18 heteroatoms. The van der Waals surface area contributed by atoms with Gasteiger partial charge in [0.05, 0.1) is 55.6 Å². The van der Waals surface area contributed by atoms with Crippen molar-refractivity contribution in [2.75, 3.05) is 36.9 Å². The maximum absolute atomic E-state index is 13.7. The summed E-state index contributed by atoms with van der Waals surface area (Å²) in [5.74, 6) is -2.72.